The molecular formula is C29H39ClN2O2Sn. The van der Waals surface area contributed by atoms with Gasteiger partial charge in [-0.2, -0.15) is 0 Å². The Morgan fingerprint density at radius 3 is 2.06 bits per heavy atom. The summed E-state index contributed by atoms with van der Waals surface area (Å²) < 4.78 is 10.4. The molecule has 2 aromatic carbocycles. The molecule has 0 saturated heterocycles. The Bertz CT molecular complexity index is 1100. The number of fused-ring (bicyclic) bond motifs is 1. The Morgan fingerprint density at radius 1 is 0.914 bits per heavy atom. The van der Waals surface area contributed by atoms with Crippen molar-refractivity contribution in [3.63, 3.8) is 0 Å². The van der Waals surface area contributed by atoms with E-state index in [1.165, 1.54) is 60.9 Å². The Morgan fingerprint density at radius 2 is 1.51 bits per heavy atom. The number of anilines is 1. The summed E-state index contributed by atoms with van der Waals surface area (Å²) in [6.45, 7) is 6.83. The molecule has 3 rings (SSSR count). The van der Waals surface area contributed by atoms with Crippen molar-refractivity contribution in [2.75, 3.05) is 12.4 Å². The van der Waals surface area contributed by atoms with E-state index >= 15 is 0 Å². The third kappa shape index (κ3) is 7.13. The van der Waals surface area contributed by atoms with Gasteiger partial charge >= 0.3 is 221 Å². The Balaban J connectivity index is 2.12. The number of hydrogen-bond donors (Lipinski definition) is 1. The molecular weight excluding hydrogens is 562 g/mol. The average Bonchev–Trinajstić information content (AvgIpc) is 2.88. The van der Waals surface area contributed by atoms with Crippen LogP contribution in [0.1, 0.15) is 69.8 Å². The Hall–Kier alpha value is -1.79. The minimum atomic E-state index is -2.92. The SMILES string of the molecule is CCC[CH2][Sn]([CH2]CCC)([CH2]CCC)[c]1nc(C(=O)Nc2ccc(OC)cc2)cc2cc(Cl)ccc12. The molecule has 0 aliphatic heterocycles. The zero-order chi connectivity index (χ0) is 25.3. The molecule has 1 aromatic heterocycles. The minimum absolute atomic E-state index is 0.181. The molecule has 0 radical (unpaired) electrons. The van der Waals surface area contributed by atoms with Crippen LogP contribution in [-0.4, -0.2) is 36.4 Å². The van der Waals surface area contributed by atoms with Crippen molar-refractivity contribution in [2.24, 2.45) is 0 Å². The first-order chi connectivity index (χ1) is 17.0. The first kappa shape index (κ1) is 27.8. The fourth-order valence-corrected chi connectivity index (χ4v) is 21.4. The predicted octanol–water partition coefficient (Wildman–Crippen LogP) is 8.21. The van der Waals surface area contributed by atoms with E-state index in [1.807, 2.05) is 42.5 Å². The number of aromatic nitrogens is 1. The van der Waals surface area contributed by atoms with E-state index in [-0.39, 0.29) is 5.91 Å². The van der Waals surface area contributed by atoms with Gasteiger partial charge in [0.05, 0.1) is 0 Å². The van der Waals surface area contributed by atoms with Gasteiger partial charge in [0, 0.05) is 0 Å². The number of halogens is 1. The molecule has 0 bridgehead atoms. The number of benzene rings is 2. The standard InChI is InChI=1S/C17H12ClN2O2.3C4H9.Sn/c1-22-15-6-4-14(5-7-15)20-17(21)16-9-12-8-13(18)3-2-11(12)10-19-16;3*1-3-4-2;/h2-9H,1H3,(H,20,21);3*1,3-4H2,2H3;. The molecule has 0 unspecified atom stereocenters. The summed E-state index contributed by atoms with van der Waals surface area (Å²) in [6, 6.07) is 15.4. The fraction of sp³-hybridized carbons (Fsp3) is 0.448. The van der Waals surface area contributed by atoms with Crippen LogP contribution in [0.5, 0.6) is 5.75 Å². The van der Waals surface area contributed by atoms with Crippen LogP contribution in [-0.2, 0) is 0 Å². The van der Waals surface area contributed by atoms with Crippen molar-refractivity contribution in [1.29, 1.82) is 0 Å². The number of amides is 1. The molecule has 1 N–H and O–H groups in total. The van der Waals surface area contributed by atoms with Gasteiger partial charge in [0.15, 0.2) is 0 Å². The van der Waals surface area contributed by atoms with Crippen molar-refractivity contribution >= 4 is 56.1 Å². The number of carbonyl (C=O) groups is 1. The second-order valence-corrected chi connectivity index (χ2v) is 22.9. The first-order valence-electron chi connectivity index (χ1n) is 13.0. The summed E-state index contributed by atoms with van der Waals surface area (Å²) in [7, 11) is 1.63. The van der Waals surface area contributed by atoms with Crippen LogP contribution in [0.4, 0.5) is 5.69 Å². The number of unbranched alkanes of at least 4 members (excludes halogenated alkanes) is 3. The first-order valence-corrected chi connectivity index (χ1v) is 20.9. The van der Waals surface area contributed by atoms with Gasteiger partial charge in [-0.05, 0) is 0 Å². The van der Waals surface area contributed by atoms with Gasteiger partial charge in [0.2, 0.25) is 0 Å². The molecule has 4 nitrogen and oxygen atoms in total. The van der Waals surface area contributed by atoms with Gasteiger partial charge in [-0.15, -0.1) is 0 Å². The van der Waals surface area contributed by atoms with Gasteiger partial charge in [0.1, 0.15) is 0 Å². The molecule has 1 heterocycles. The van der Waals surface area contributed by atoms with Crippen LogP contribution < -0.4 is 13.8 Å². The topological polar surface area (TPSA) is 51.2 Å². The van der Waals surface area contributed by atoms with Crippen LogP contribution in [0, 0.1) is 0 Å². The third-order valence-corrected chi connectivity index (χ3v) is 22.3. The summed E-state index contributed by atoms with van der Waals surface area (Å²) >= 11 is 3.49. The molecule has 0 aliphatic carbocycles. The van der Waals surface area contributed by atoms with Crippen LogP contribution in [0.2, 0.25) is 18.3 Å². The van der Waals surface area contributed by atoms with Crippen LogP contribution in [0.25, 0.3) is 10.8 Å². The zero-order valence-electron chi connectivity index (χ0n) is 21.6. The second-order valence-electron chi connectivity index (χ2n) is 9.50. The molecule has 35 heavy (non-hydrogen) atoms. The van der Waals surface area contributed by atoms with Crippen molar-refractivity contribution in [2.45, 2.75) is 72.6 Å². The van der Waals surface area contributed by atoms with Gasteiger partial charge in [-0.25, -0.2) is 0 Å². The van der Waals surface area contributed by atoms with E-state index in [4.69, 9.17) is 21.3 Å². The number of hydrogen-bond acceptors (Lipinski definition) is 3. The van der Waals surface area contributed by atoms with Crippen LogP contribution in [0.15, 0.2) is 48.5 Å². The molecule has 6 heteroatoms. The summed E-state index contributed by atoms with van der Waals surface area (Å²) in [5.74, 6) is 0.574. The quantitative estimate of drug-likeness (QED) is 0.201. The van der Waals surface area contributed by atoms with Crippen molar-refractivity contribution in [1.82, 2.24) is 4.98 Å². The molecule has 1 amide bonds. The van der Waals surface area contributed by atoms with Crippen LogP contribution >= 0.6 is 11.6 Å². The summed E-state index contributed by atoms with van der Waals surface area (Å²) in [4.78, 5) is 18.6. The third-order valence-electron chi connectivity index (χ3n) is 6.90. The van der Waals surface area contributed by atoms with E-state index in [1.54, 1.807) is 7.11 Å². The number of carbonyl (C=O) groups excluding carboxylic acids is 1. The summed E-state index contributed by atoms with van der Waals surface area (Å²) in [6.07, 6.45) is 7.29. The number of nitrogens with one attached hydrogen (secondary N) is 1. The summed E-state index contributed by atoms with van der Waals surface area (Å²) in [5.41, 5.74) is 1.21. The van der Waals surface area contributed by atoms with Crippen molar-refractivity contribution < 1.29 is 9.53 Å². The predicted molar refractivity (Wildman–Crippen MR) is 152 cm³/mol. The van der Waals surface area contributed by atoms with E-state index < -0.39 is 18.4 Å². The summed E-state index contributed by atoms with van der Waals surface area (Å²) in [5, 5.41) is 5.94. The maximum atomic E-state index is 13.4. The second kappa shape index (κ2) is 13.5. The Labute approximate surface area is 219 Å². The fourth-order valence-electron chi connectivity index (χ4n) is 4.89. The molecule has 0 spiro atoms. The monoisotopic (exact) mass is 602 g/mol. The van der Waals surface area contributed by atoms with Crippen molar-refractivity contribution in [3.8, 4) is 5.75 Å². The molecule has 3 aromatic rings. The molecule has 0 fully saturated rings. The molecule has 0 atom stereocenters. The van der Waals surface area contributed by atoms with Gasteiger partial charge in [-0.3, -0.25) is 0 Å². The average molecular weight is 602 g/mol. The van der Waals surface area contributed by atoms with Crippen molar-refractivity contribution in [3.05, 3.63) is 59.2 Å². The van der Waals surface area contributed by atoms with Gasteiger partial charge < -0.3 is 0 Å². The Kier molecular flexibility index (Phi) is 10.7. The number of methoxy groups -OCH3 is 1. The zero-order valence-corrected chi connectivity index (χ0v) is 25.2. The molecule has 0 aliphatic rings. The van der Waals surface area contributed by atoms with Gasteiger partial charge in [0.25, 0.3) is 0 Å². The van der Waals surface area contributed by atoms with E-state index in [0.29, 0.717) is 10.7 Å². The molecule has 188 valence electrons. The number of nitrogens with zero attached hydrogens (tertiary/aromatic N) is 1. The normalized spacial score (nSPS) is 11.6. The molecule has 0 saturated carbocycles. The van der Waals surface area contributed by atoms with E-state index in [0.717, 1.165) is 16.8 Å². The maximum absolute atomic E-state index is 13.4. The van der Waals surface area contributed by atoms with Crippen LogP contribution in [0.3, 0.4) is 0 Å². The van der Waals surface area contributed by atoms with Gasteiger partial charge in [-0.1, -0.05) is 0 Å². The van der Waals surface area contributed by atoms with E-state index in [9.17, 15) is 4.79 Å². The van der Waals surface area contributed by atoms with E-state index in [2.05, 4.69) is 32.2 Å². The number of ether oxygens (including phenoxy) is 1. The number of rotatable bonds is 13. The number of pyridine rings is 1.